The first-order valence-corrected chi connectivity index (χ1v) is 17.5. The molecular formula is C49H32O. The minimum absolute atomic E-state index is 0.137. The van der Waals surface area contributed by atoms with Gasteiger partial charge in [0, 0.05) is 21.6 Å². The van der Waals surface area contributed by atoms with Crippen molar-refractivity contribution >= 4 is 65.0 Å². The Hall–Kier alpha value is -6.18. The Morgan fingerprint density at radius 2 is 0.940 bits per heavy atom. The average Bonchev–Trinajstić information content (AvgIpc) is 3.65. The third-order valence-corrected chi connectivity index (χ3v) is 11.4. The van der Waals surface area contributed by atoms with Crippen LogP contribution in [0.1, 0.15) is 25.0 Å². The van der Waals surface area contributed by atoms with Crippen molar-refractivity contribution in [3.63, 3.8) is 0 Å². The quantitative estimate of drug-likeness (QED) is 0.172. The molecule has 1 aliphatic carbocycles. The molecule has 1 aliphatic rings. The molecule has 50 heavy (non-hydrogen) atoms. The lowest BCUT2D eigenvalue weighted by Gasteiger charge is -2.22. The van der Waals surface area contributed by atoms with Crippen LogP contribution in [-0.4, -0.2) is 0 Å². The highest BCUT2D eigenvalue weighted by Gasteiger charge is 2.38. The normalized spacial score (nSPS) is 13.6. The van der Waals surface area contributed by atoms with E-state index in [9.17, 15) is 0 Å². The van der Waals surface area contributed by atoms with Crippen molar-refractivity contribution < 1.29 is 4.42 Å². The molecule has 0 spiro atoms. The lowest BCUT2D eigenvalue weighted by atomic mass is 9.81. The fourth-order valence-corrected chi connectivity index (χ4v) is 9.09. The van der Waals surface area contributed by atoms with Crippen LogP contribution in [-0.2, 0) is 5.41 Å². The van der Waals surface area contributed by atoms with Gasteiger partial charge in [-0.25, -0.2) is 0 Å². The van der Waals surface area contributed by atoms with Gasteiger partial charge in [0.25, 0.3) is 0 Å². The number of hydrogen-bond acceptors (Lipinski definition) is 1. The van der Waals surface area contributed by atoms with Crippen LogP contribution in [0.25, 0.3) is 98.4 Å². The van der Waals surface area contributed by atoms with Gasteiger partial charge >= 0.3 is 0 Å². The lowest BCUT2D eigenvalue weighted by Crippen LogP contribution is -2.14. The summed E-state index contributed by atoms with van der Waals surface area (Å²) >= 11 is 0. The number of fused-ring (bicyclic) bond motifs is 12. The van der Waals surface area contributed by atoms with E-state index in [1.807, 2.05) is 0 Å². The number of rotatable bonds is 2. The van der Waals surface area contributed by atoms with Gasteiger partial charge in [0.1, 0.15) is 11.2 Å². The average molecular weight is 637 g/mol. The number of furan rings is 1. The van der Waals surface area contributed by atoms with Crippen LogP contribution >= 0.6 is 0 Å². The van der Waals surface area contributed by atoms with Crippen molar-refractivity contribution in [3.8, 4) is 33.4 Å². The Morgan fingerprint density at radius 1 is 0.400 bits per heavy atom. The molecule has 0 saturated carbocycles. The van der Waals surface area contributed by atoms with E-state index < -0.39 is 0 Å². The van der Waals surface area contributed by atoms with Crippen LogP contribution in [0.15, 0.2) is 162 Å². The zero-order valence-electron chi connectivity index (χ0n) is 27.9. The Balaban J connectivity index is 1.21. The van der Waals surface area contributed by atoms with Crippen LogP contribution in [0, 0.1) is 0 Å². The summed E-state index contributed by atoms with van der Waals surface area (Å²) in [6, 6.07) is 58.2. The second-order valence-electron chi connectivity index (χ2n) is 14.4. The second kappa shape index (κ2) is 9.94. The van der Waals surface area contributed by atoms with Crippen LogP contribution in [0.2, 0.25) is 0 Å². The van der Waals surface area contributed by atoms with Crippen LogP contribution < -0.4 is 0 Å². The molecule has 11 rings (SSSR count). The van der Waals surface area contributed by atoms with E-state index in [-0.39, 0.29) is 5.41 Å². The minimum Gasteiger partial charge on any atom is -0.455 e. The van der Waals surface area contributed by atoms with Crippen molar-refractivity contribution in [1.82, 2.24) is 0 Å². The SMILES string of the molecule is CC1(C)c2ccc(-c3c4ccccc4c(-c4ccc5ccccc5c4)c4ccccc34)cc2-c2c1ccc1oc3c4ccccc4ccc3c21. The zero-order chi connectivity index (χ0) is 33.1. The van der Waals surface area contributed by atoms with Crippen molar-refractivity contribution in [2.45, 2.75) is 19.3 Å². The van der Waals surface area contributed by atoms with E-state index in [4.69, 9.17) is 4.42 Å². The van der Waals surface area contributed by atoms with Crippen molar-refractivity contribution in [1.29, 1.82) is 0 Å². The second-order valence-corrected chi connectivity index (χ2v) is 14.4. The maximum Gasteiger partial charge on any atom is 0.143 e. The fraction of sp³-hybridized carbons (Fsp3) is 0.0612. The van der Waals surface area contributed by atoms with Crippen molar-refractivity contribution in [2.75, 3.05) is 0 Å². The molecule has 1 nitrogen and oxygen atoms in total. The molecular weight excluding hydrogens is 605 g/mol. The Bertz CT molecular complexity index is 3010. The molecule has 0 bridgehead atoms. The van der Waals surface area contributed by atoms with Crippen LogP contribution in [0.3, 0.4) is 0 Å². The van der Waals surface area contributed by atoms with Crippen molar-refractivity contribution in [2.24, 2.45) is 0 Å². The first-order chi connectivity index (χ1) is 24.6. The molecule has 1 aromatic heterocycles. The third kappa shape index (κ3) is 3.67. The van der Waals surface area contributed by atoms with Gasteiger partial charge in [0.15, 0.2) is 0 Å². The van der Waals surface area contributed by atoms with E-state index in [0.717, 1.165) is 16.6 Å². The molecule has 0 amide bonds. The number of hydrogen-bond donors (Lipinski definition) is 0. The van der Waals surface area contributed by atoms with E-state index in [2.05, 4.69) is 172 Å². The molecule has 0 unspecified atom stereocenters. The zero-order valence-corrected chi connectivity index (χ0v) is 27.9. The predicted octanol–water partition coefficient (Wildman–Crippen LogP) is 13.8. The Kier molecular flexibility index (Phi) is 5.51. The molecule has 0 radical (unpaired) electrons. The molecule has 0 saturated heterocycles. The predicted molar refractivity (Wildman–Crippen MR) is 212 cm³/mol. The van der Waals surface area contributed by atoms with Crippen LogP contribution in [0.4, 0.5) is 0 Å². The third-order valence-electron chi connectivity index (χ3n) is 11.4. The summed E-state index contributed by atoms with van der Waals surface area (Å²) in [6.45, 7) is 4.73. The van der Waals surface area contributed by atoms with Gasteiger partial charge in [-0.2, -0.15) is 0 Å². The number of benzene rings is 9. The highest BCUT2D eigenvalue weighted by molar-refractivity contribution is 6.23. The molecule has 0 fully saturated rings. The molecule has 0 aliphatic heterocycles. The first kappa shape index (κ1) is 27.7. The van der Waals surface area contributed by atoms with E-state index in [0.29, 0.717) is 0 Å². The summed E-state index contributed by atoms with van der Waals surface area (Å²) in [5, 5.41) is 12.4. The summed E-state index contributed by atoms with van der Waals surface area (Å²) in [5.74, 6) is 0. The van der Waals surface area contributed by atoms with Gasteiger partial charge in [-0.05, 0) is 106 Å². The fourth-order valence-electron chi connectivity index (χ4n) is 9.09. The van der Waals surface area contributed by atoms with E-state index >= 15 is 0 Å². The van der Waals surface area contributed by atoms with Gasteiger partial charge in [0.05, 0.1) is 0 Å². The molecule has 10 aromatic rings. The summed E-state index contributed by atoms with van der Waals surface area (Å²) in [7, 11) is 0. The summed E-state index contributed by atoms with van der Waals surface area (Å²) < 4.78 is 6.69. The molecule has 0 atom stereocenters. The van der Waals surface area contributed by atoms with Gasteiger partial charge in [-0.15, -0.1) is 0 Å². The monoisotopic (exact) mass is 636 g/mol. The summed E-state index contributed by atoms with van der Waals surface area (Å²) in [5.41, 5.74) is 12.2. The molecule has 0 N–H and O–H groups in total. The van der Waals surface area contributed by atoms with E-state index in [1.165, 1.54) is 93.0 Å². The van der Waals surface area contributed by atoms with Crippen LogP contribution in [0.5, 0.6) is 0 Å². The first-order valence-electron chi connectivity index (χ1n) is 17.5. The van der Waals surface area contributed by atoms with Crippen molar-refractivity contribution in [3.05, 3.63) is 169 Å². The molecule has 9 aromatic carbocycles. The van der Waals surface area contributed by atoms with Gasteiger partial charge in [0.2, 0.25) is 0 Å². The largest absolute Gasteiger partial charge is 0.455 e. The maximum absolute atomic E-state index is 6.69. The van der Waals surface area contributed by atoms with E-state index in [1.54, 1.807) is 0 Å². The highest BCUT2D eigenvalue weighted by Crippen LogP contribution is 2.55. The van der Waals surface area contributed by atoms with Gasteiger partial charge in [-0.1, -0.05) is 147 Å². The molecule has 1 heterocycles. The Labute approximate surface area is 290 Å². The summed E-state index contributed by atoms with van der Waals surface area (Å²) in [6.07, 6.45) is 0. The standard InChI is InChI=1S/C49H32O/c1-49(2)41-24-22-33(28-40(41)46-42(49)25-26-43-47(46)39-23-21-30-12-5-6-14-34(30)48(39)50-43)45-37-17-9-7-15-35(37)44(36-16-8-10-18-38(36)45)32-20-19-29-11-3-4-13-31(29)27-32/h3-28H,1-2H3. The maximum atomic E-state index is 6.69. The smallest absolute Gasteiger partial charge is 0.143 e. The molecule has 1 heteroatoms. The lowest BCUT2D eigenvalue weighted by molar-refractivity contribution is 0.657. The Morgan fingerprint density at radius 3 is 1.64 bits per heavy atom. The highest BCUT2D eigenvalue weighted by atomic mass is 16.3. The van der Waals surface area contributed by atoms with Gasteiger partial charge < -0.3 is 4.42 Å². The summed E-state index contributed by atoms with van der Waals surface area (Å²) in [4.78, 5) is 0. The molecule has 234 valence electrons. The minimum atomic E-state index is -0.137. The topological polar surface area (TPSA) is 13.1 Å². The van der Waals surface area contributed by atoms with Gasteiger partial charge in [-0.3, -0.25) is 0 Å².